The molecule has 0 radical (unpaired) electrons. The van der Waals surface area contributed by atoms with Crippen molar-refractivity contribution < 1.29 is 0 Å². The van der Waals surface area contributed by atoms with E-state index in [2.05, 4.69) is 40.1 Å². The van der Waals surface area contributed by atoms with Gasteiger partial charge in [0.05, 0.1) is 11.3 Å². The Bertz CT molecular complexity index is 715. The number of hydrogen-bond donors (Lipinski definition) is 0. The summed E-state index contributed by atoms with van der Waals surface area (Å²) in [6, 6.07) is 24.1. The highest BCUT2D eigenvalue weighted by Crippen LogP contribution is 2.20. The number of aromatic nitrogens is 1. The molecule has 1 heterocycles. The van der Waals surface area contributed by atoms with Crippen LogP contribution in [-0.2, 0) is 0 Å². The van der Waals surface area contributed by atoms with E-state index in [-0.39, 0.29) is 0 Å². The van der Waals surface area contributed by atoms with E-state index in [1.165, 1.54) is 0 Å². The third-order valence-electron chi connectivity index (χ3n) is 3.08. The van der Waals surface area contributed by atoms with Gasteiger partial charge in [-0.15, -0.1) is 0 Å². The molecule has 0 atom stereocenters. The van der Waals surface area contributed by atoms with Gasteiger partial charge in [-0.1, -0.05) is 60.7 Å². The molecule has 3 rings (SSSR count). The molecule has 2 nitrogen and oxygen atoms in total. The smallest absolute Gasteiger partial charge is 0.0760 e. The molecule has 0 aliphatic heterocycles. The summed E-state index contributed by atoms with van der Waals surface area (Å²) < 4.78 is 0. The minimum atomic E-state index is 0.842. The summed E-state index contributed by atoms with van der Waals surface area (Å²) in [6.45, 7) is 0. The Labute approximate surface area is 124 Å². The number of benzene rings is 2. The summed E-state index contributed by atoms with van der Waals surface area (Å²) in [5, 5.41) is 0. The number of hydrogen-bond acceptors (Lipinski definition) is 2. The van der Waals surface area contributed by atoms with Crippen molar-refractivity contribution in [2.75, 3.05) is 0 Å². The largest absolute Gasteiger partial charge is 0.265 e. The van der Waals surface area contributed by atoms with E-state index < -0.39 is 0 Å². The van der Waals surface area contributed by atoms with Gasteiger partial charge in [-0.2, -0.15) is 0 Å². The fourth-order valence-electron chi connectivity index (χ4n) is 2.04. The first-order valence-corrected chi connectivity index (χ1v) is 6.78. The zero-order chi connectivity index (χ0) is 14.3. The summed E-state index contributed by atoms with van der Waals surface area (Å²) in [7, 11) is 0. The zero-order valence-electron chi connectivity index (χ0n) is 11.5. The molecule has 0 unspecified atom stereocenters. The second kappa shape index (κ2) is 6.47. The fraction of sp³-hybridized carbons (Fsp3) is 0. The molecule has 0 spiro atoms. The highest BCUT2D eigenvalue weighted by molar-refractivity contribution is 5.99. The predicted octanol–water partition coefficient (Wildman–Crippen LogP) is 4.51. The summed E-state index contributed by atoms with van der Waals surface area (Å²) >= 11 is 0. The molecule has 2 heteroatoms. The van der Waals surface area contributed by atoms with Crippen LogP contribution in [0.5, 0.6) is 0 Å². The van der Waals surface area contributed by atoms with Crippen LogP contribution >= 0.6 is 0 Å². The van der Waals surface area contributed by atoms with Gasteiger partial charge >= 0.3 is 0 Å². The van der Waals surface area contributed by atoms with Crippen LogP contribution in [0.15, 0.2) is 90.2 Å². The van der Waals surface area contributed by atoms with Crippen LogP contribution in [0.1, 0.15) is 11.1 Å². The molecular weight excluding hydrogens is 256 g/mol. The first-order chi connectivity index (χ1) is 10.4. The third kappa shape index (κ3) is 3.33. The first kappa shape index (κ1) is 13.0. The van der Waals surface area contributed by atoms with E-state index in [0.29, 0.717) is 0 Å². The molecule has 1 aromatic heterocycles. The standard InChI is InChI=1S/C19H14N2/c1-3-7-16(8-4-1)19(17-9-5-2-6-10-17)15-21-18-11-13-20-14-12-18/h1-14H. The second-order valence-electron chi connectivity index (χ2n) is 4.54. The third-order valence-corrected chi connectivity index (χ3v) is 3.08. The number of aliphatic imine (C=N–C) groups is 1. The van der Waals surface area contributed by atoms with Gasteiger partial charge in [0.1, 0.15) is 0 Å². The van der Waals surface area contributed by atoms with E-state index in [1.54, 1.807) is 12.4 Å². The summed E-state index contributed by atoms with van der Waals surface area (Å²) in [4.78, 5) is 8.43. The highest BCUT2D eigenvalue weighted by atomic mass is 14.7. The Morgan fingerprint density at radius 3 is 1.76 bits per heavy atom. The van der Waals surface area contributed by atoms with Crippen molar-refractivity contribution in [2.45, 2.75) is 0 Å². The lowest BCUT2D eigenvalue weighted by Gasteiger charge is -2.04. The van der Waals surface area contributed by atoms with Crippen LogP contribution in [0.3, 0.4) is 0 Å². The van der Waals surface area contributed by atoms with Gasteiger partial charge in [0.15, 0.2) is 0 Å². The highest BCUT2D eigenvalue weighted by Gasteiger charge is 2.03. The number of pyridine rings is 1. The Hall–Kier alpha value is -2.96. The lowest BCUT2D eigenvalue weighted by atomic mass is 9.99. The maximum atomic E-state index is 4.43. The van der Waals surface area contributed by atoms with Gasteiger partial charge in [0.2, 0.25) is 0 Å². The van der Waals surface area contributed by atoms with Crippen molar-refractivity contribution in [3.05, 3.63) is 96.3 Å². The zero-order valence-corrected chi connectivity index (χ0v) is 11.5. The van der Waals surface area contributed by atoms with Crippen molar-refractivity contribution in [2.24, 2.45) is 4.99 Å². The van der Waals surface area contributed by atoms with Gasteiger partial charge in [-0.25, -0.2) is 4.99 Å². The predicted molar refractivity (Wildman–Crippen MR) is 86.7 cm³/mol. The monoisotopic (exact) mass is 270 g/mol. The van der Waals surface area contributed by atoms with Crippen molar-refractivity contribution in [3.63, 3.8) is 0 Å². The average Bonchev–Trinajstić information content (AvgIpc) is 2.58. The van der Waals surface area contributed by atoms with Crippen molar-refractivity contribution in [3.8, 4) is 0 Å². The van der Waals surface area contributed by atoms with Crippen LogP contribution < -0.4 is 0 Å². The van der Waals surface area contributed by atoms with Gasteiger partial charge in [0, 0.05) is 12.4 Å². The van der Waals surface area contributed by atoms with Gasteiger partial charge in [-0.3, -0.25) is 4.98 Å². The maximum Gasteiger partial charge on any atom is 0.0760 e. The van der Waals surface area contributed by atoms with Crippen LogP contribution in [0.25, 0.3) is 5.57 Å². The normalized spacial score (nSPS) is 9.71. The van der Waals surface area contributed by atoms with Gasteiger partial charge in [-0.05, 0) is 29.1 Å². The topological polar surface area (TPSA) is 25.2 Å². The van der Waals surface area contributed by atoms with Gasteiger partial charge < -0.3 is 0 Å². The minimum absolute atomic E-state index is 0.842. The molecule has 0 aliphatic rings. The Morgan fingerprint density at radius 2 is 1.24 bits per heavy atom. The van der Waals surface area contributed by atoms with E-state index >= 15 is 0 Å². The Morgan fingerprint density at radius 1 is 0.714 bits per heavy atom. The first-order valence-electron chi connectivity index (χ1n) is 6.78. The average molecular weight is 270 g/mol. The number of nitrogens with zero attached hydrogens (tertiary/aromatic N) is 2. The SMILES string of the molecule is C(=Nc1ccncc1)=C(c1ccccc1)c1ccccc1. The molecule has 21 heavy (non-hydrogen) atoms. The molecule has 0 N–H and O–H groups in total. The van der Waals surface area contributed by atoms with E-state index in [4.69, 9.17) is 0 Å². The van der Waals surface area contributed by atoms with Crippen LogP contribution in [-0.4, -0.2) is 10.9 Å². The molecular formula is C19H14N2. The van der Waals surface area contributed by atoms with Gasteiger partial charge in [0.25, 0.3) is 0 Å². The maximum absolute atomic E-state index is 4.43. The quantitative estimate of drug-likeness (QED) is 0.642. The fourth-order valence-corrected chi connectivity index (χ4v) is 2.04. The summed E-state index contributed by atoms with van der Waals surface area (Å²) in [5.41, 5.74) is 4.02. The van der Waals surface area contributed by atoms with Crippen LogP contribution in [0.4, 0.5) is 5.69 Å². The summed E-state index contributed by atoms with van der Waals surface area (Å²) in [6.07, 6.45) is 3.45. The lowest BCUT2D eigenvalue weighted by molar-refractivity contribution is 1.32. The second-order valence-corrected chi connectivity index (χ2v) is 4.54. The molecule has 0 saturated heterocycles. The van der Waals surface area contributed by atoms with E-state index in [9.17, 15) is 0 Å². The van der Waals surface area contributed by atoms with E-state index in [1.807, 2.05) is 48.5 Å². The molecule has 3 aromatic rings. The Kier molecular flexibility index (Phi) is 4.02. The molecule has 0 saturated carbocycles. The molecule has 100 valence electrons. The van der Waals surface area contributed by atoms with Crippen LogP contribution in [0, 0.1) is 0 Å². The minimum Gasteiger partial charge on any atom is -0.265 e. The lowest BCUT2D eigenvalue weighted by Crippen LogP contribution is -1.88. The van der Waals surface area contributed by atoms with Crippen molar-refractivity contribution >= 4 is 17.1 Å². The van der Waals surface area contributed by atoms with Crippen molar-refractivity contribution in [1.29, 1.82) is 0 Å². The Balaban J connectivity index is 2.11. The van der Waals surface area contributed by atoms with Crippen molar-refractivity contribution in [1.82, 2.24) is 4.98 Å². The summed E-state index contributed by atoms with van der Waals surface area (Å²) in [5.74, 6) is 3.18. The number of rotatable bonds is 3. The molecule has 2 aromatic carbocycles. The van der Waals surface area contributed by atoms with Crippen LogP contribution in [0.2, 0.25) is 0 Å². The molecule has 0 fully saturated rings. The molecule has 0 aliphatic carbocycles. The van der Waals surface area contributed by atoms with E-state index in [0.717, 1.165) is 22.4 Å². The molecule has 0 bridgehead atoms. The molecule has 0 amide bonds.